The highest BCUT2D eigenvalue weighted by Crippen LogP contribution is 2.13. The fourth-order valence-corrected chi connectivity index (χ4v) is 2.11. The van der Waals surface area contributed by atoms with E-state index in [0.29, 0.717) is 23.4 Å². The smallest absolute Gasteiger partial charge is 0.336 e. The van der Waals surface area contributed by atoms with Gasteiger partial charge in [0.1, 0.15) is 11.5 Å². The summed E-state index contributed by atoms with van der Waals surface area (Å²) in [6, 6.07) is 8.74. The standard InChI is InChI=1S/C16H17NO4/c1-10-8-14(18)21-11(2)15(10)16(19)17-9-12-4-6-13(20-3)7-5-12/h4-8H,9H2,1-3H3,(H,17,19). The summed E-state index contributed by atoms with van der Waals surface area (Å²) in [5.74, 6) is 0.832. The Bertz CT molecular complexity index is 675. The second-order valence-electron chi connectivity index (χ2n) is 4.71. The third-order valence-electron chi connectivity index (χ3n) is 3.17. The van der Waals surface area contributed by atoms with E-state index in [4.69, 9.17) is 9.15 Å². The second-order valence-corrected chi connectivity index (χ2v) is 4.71. The zero-order valence-electron chi connectivity index (χ0n) is 12.2. The van der Waals surface area contributed by atoms with Gasteiger partial charge < -0.3 is 14.5 Å². The lowest BCUT2D eigenvalue weighted by Crippen LogP contribution is -2.25. The molecule has 1 amide bonds. The van der Waals surface area contributed by atoms with Crippen molar-refractivity contribution in [2.24, 2.45) is 0 Å². The predicted molar refractivity (Wildman–Crippen MR) is 78.6 cm³/mol. The molecule has 1 aromatic heterocycles. The Hall–Kier alpha value is -2.56. The Morgan fingerprint density at radius 1 is 1.24 bits per heavy atom. The quantitative estimate of drug-likeness (QED) is 0.936. The fourth-order valence-electron chi connectivity index (χ4n) is 2.11. The molecule has 0 aliphatic carbocycles. The molecule has 1 N–H and O–H groups in total. The SMILES string of the molecule is COc1ccc(CNC(=O)c2c(C)cc(=O)oc2C)cc1. The van der Waals surface area contributed by atoms with Gasteiger partial charge in [-0.3, -0.25) is 4.79 Å². The third-order valence-corrected chi connectivity index (χ3v) is 3.17. The number of amides is 1. The van der Waals surface area contributed by atoms with Crippen LogP contribution in [0.1, 0.15) is 27.2 Å². The van der Waals surface area contributed by atoms with Crippen LogP contribution in [0.3, 0.4) is 0 Å². The number of methoxy groups -OCH3 is 1. The van der Waals surface area contributed by atoms with Crippen LogP contribution in [-0.4, -0.2) is 13.0 Å². The third kappa shape index (κ3) is 3.51. The van der Waals surface area contributed by atoms with Crippen molar-refractivity contribution < 1.29 is 13.9 Å². The van der Waals surface area contributed by atoms with Crippen molar-refractivity contribution >= 4 is 5.91 Å². The molecule has 2 rings (SSSR count). The van der Waals surface area contributed by atoms with Crippen molar-refractivity contribution in [2.75, 3.05) is 7.11 Å². The first-order valence-corrected chi connectivity index (χ1v) is 6.53. The van der Waals surface area contributed by atoms with Crippen LogP contribution in [-0.2, 0) is 6.54 Å². The molecule has 5 heteroatoms. The molecule has 0 fully saturated rings. The van der Waals surface area contributed by atoms with Crippen LogP contribution in [0.5, 0.6) is 5.75 Å². The van der Waals surface area contributed by atoms with Crippen LogP contribution in [0.4, 0.5) is 0 Å². The molecular weight excluding hydrogens is 270 g/mol. The van der Waals surface area contributed by atoms with Gasteiger partial charge in [-0.25, -0.2) is 4.79 Å². The van der Waals surface area contributed by atoms with E-state index in [9.17, 15) is 9.59 Å². The van der Waals surface area contributed by atoms with Gasteiger partial charge in [-0.05, 0) is 37.1 Å². The van der Waals surface area contributed by atoms with Crippen LogP contribution in [0.15, 0.2) is 39.5 Å². The van der Waals surface area contributed by atoms with Crippen LogP contribution < -0.4 is 15.7 Å². The second kappa shape index (κ2) is 6.26. The summed E-state index contributed by atoms with van der Waals surface area (Å²) < 4.78 is 10.0. The number of hydrogen-bond donors (Lipinski definition) is 1. The summed E-state index contributed by atoms with van der Waals surface area (Å²) in [4.78, 5) is 23.4. The van der Waals surface area contributed by atoms with Crippen molar-refractivity contribution in [1.29, 1.82) is 0 Å². The van der Waals surface area contributed by atoms with Crippen molar-refractivity contribution in [1.82, 2.24) is 5.32 Å². The van der Waals surface area contributed by atoms with E-state index in [2.05, 4.69) is 5.32 Å². The van der Waals surface area contributed by atoms with Crippen molar-refractivity contribution in [3.8, 4) is 5.75 Å². The Labute approximate surface area is 122 Å². The number of ether oxygens (including phenoxy) is 1. The molecule has 0 atom stereocenters. The molecule has 1 heterocycles. The molecule has 0 spiro atoms. The molecule has 2 aromatic rings. The first kappa shape index (κ1) is 14.8. The maximum absolute atomic E-state index is 12.2. The highest BCUT2D eigenvalue weighted by Gasteiger charge is 2.14. The van der Waals surface area contributed by atoms with Crippen LogP contribution in [0.2, 0.25) is 0 Å². The average molecular weight is 287 g/mol. The summed E-state index contributed by atoms with van der Waals surface area (Å²) in [7, 11) is 1.60. The topological polar surface area (TPSA) is 68.5 Å². The average Bonchev–Trinajstić information content (AvgIpc) is 2.44. The summed E-state index contributed by atoms with van der Waals surface area (Å²) in [6.07, 6.45) is 0. The summed E-state index contributed by atoms with van der Waals surface area (Å²) >= 11 is 0. The fraction of sp³-hybridized carbons (Fsp3) is 0.250. The molecule has 0 aliphatic rings. The van der Waals surface area contributed by atoms with Gasteiger partial charge in [-0.2, -0.15) is 0 Å². The number of carbonyl (C=O) groups excluding carboxylic acids is 1. The maximum atomic E-state index is 12.2. The molecule has 0 saturated carbocycles. The Balaban J connectivity index is 2.09. The van der Waals surface area contributed by atoms with Crippen LogP contribution in [0, 0.1) is 13.8 Å². The zero-order chi connectivity index (χ0) is 15.4. The van der Waals surface area contributed by atoms with Gasteiger partial charge in [0.25, 0.3) is 5.91 Å². The number of benzene rings is 1. The van der Waals surface area contributed by atoms with Gasteiger partial charge in [0.2, 0.25) is 0 Å². The molecule has 0 unspecified atom stereocenters. The molecular formula is C16H17NO4. The molecule has 0 aliphatic heterocycles. The Morgan fingerprint density at radius 3 is 2.48 bits per heavy atom. The molecule has 110 valence electrons. The molecule has 1 aromatic carbocycles. The van der Waals surface area contributed by atoms with E-state index >= 15 is 0 Å². The minimum absolute atomic E-state index is 0.260. The van der Waals surface area contributed by atoms with E-state index in [1.807, 2.05) is 24.3 Å². The monoisotopic (exact) mass is 287 g/mol. The molecule has 0 bridgehead atoms. The summed E-state index contributed by atoms with van der Waals surface area (Å²) in [5.41, 5.74) is 1.52. The zero-order valence-corrected chi connectivity index (χ0v) is 12.2. The predicted octanol–water partition coefficient (Wildman–Crippen LogP) is 2.20. The van der Waals surface area contributed by atoms with Gasteiger partial charge >= 0.3 is 5.63 Å². The molecule has 21 heavy (non-hydrogen) atoms. The van der Waals surface area contributed by atoms with Crippen molar-refractivity contribution in [3.05, 3.63) is 63.2 Å². The lowest BCUT2D eigenvalue weighted by molar-refractivity contribution is 0.0946. The normalized spacial score (nSPS) is 10.2. The van der Waals surface area contributed by atoms with Gasteiger partial charge in [-0.1, -0.05) is 12.1 Å². The maximum Gasteiger partial charge on any atom is 0.336 e. The van der Waals surface area contributed by atoms with E-state index < -0.39 is 5.63 Å². The summed E-state index contributed by atoms with van der Waals surface area (Å²) in [5, 5.41) is 2.81. The lowest BCUT2D eigenvalue weighted by Gasteiger charge is -2.09. The molecule has 5 nitrogen and oxygen atoms in total. The van der Waals surface area contributed by atoms with E-state index in [0.717, 1.165) is 11.3 Å². The lowest BCUT2D eigenvalue weighted by atomic mass is 10.1. The Morgan fingerprint density at radius 2 is 1.90 bits per heavy atom. The largest absolute Gasteiger partial charge is 0.497 e. The number of rotatable bonds is 4. The first-order valence-electron chi connectivity index (χ1n) is 6.53. The number of nitrogens with one attached hydrogen (secondary N) is 1. The van der Waals surface area contributed by atoms with E-state index in [1.165, 1.54) is 6.07 Å². The van der Waals surface area contributed by atoms with Gasteiger partial charge in [0, 0.05) is 12.6 Å². The minimum Gasteiger partial charge on any atom is -0.497 e. The van der Waals surface area contributed by atoms with Crippen LogP contribution >= 0.6 is 0 Å². The van der Waals surface area contributed by atoms with Gasteiger partial charge in [0.05, 0.1) is 12.7 Å². The van der Waals surface area contributed by atoms with Crippen molar-refractivity contribution in [3.63, 3.8) is 0 Å². The van der Waals surface area contributed by atoms with Crippen molar-refractivity contribution in [2.45, 2.75) is 20.4 Å². The summed E-state index contributed by atoms with van der Waals surface area (Å²) in [6.45, 7) is 3.71. The minimum atomic E-state index is -0.447. The van der Waals surface area contributed by atoms with E-state index in [1.54, 1.807) is 21.0 Å². The van der Waals surface area contributed by atoms with E-state index in [-0.39, 0.29) is 5.91 Å². The highest BCUT2D eigenvalue weighted by molar-refractivity contribution is 5.96. The Kier molecular flexibility index (Phi) is 4.42. The molecule has 0 radical (unpaired) electrons. The van der Waals surface area contributed by atoms with Gasteiger partial charge in [0.15, 0.2) is 0 Å². The van der Waals surface area contributed by atoms with Crippen LogP contribution in [0.25, 0.3) is 0 Å². The molecule has 0 saturated heterocycles. The number of carbonyl (C=O) groups is 1. The first-order chi connectivity index (χ1) is 10.0. The van der Waals surface area contributed by atoms with Gasteiger partial charge in [-0.15, -0.1) is 0 Å². The number of hydrogen-bond acceptors (Lipinski definition) is 4. The highest BCUT2D eigenvalue weighted by atomic mass is 16.5. The number of aryl methyl sites for hydroxylation is 2.